The predicted octanol–water partition coefficient (Wildman–Crippen LogP) is 12.4. The molecule has 190 valence electrons. The molecule has 0 aliphatic heterocycles. The molecule has 0 saturated heterocycles. The van der Waals surface area contributed by atoms with Crippen molar-refractivity contribution < 1.29 is 0 Å². The van der Waals surface area contributed by atoms with Gasteiger partial charge >= 0.3 is 0 Å². The van der Waals surface area contributed by atoms with Gasteiger partial charge in [-0.05, 0) is 92.5 Å². The molecule has 3 aromatic rings. The second-order valence-corrected chi connectivity index (χ2v) is 14.4. The Morgan fingerprint density at radius 2 is 1.29 bits per heavy atom. The minimum atomic E-state index is 0.910. The van der Waals surface area contributed by atoms with Crippen molar-refractivity contribution in [2.75, 3.05) is 0 Å². The number of hydrogen-bond donors (Lipinski definition) is 0. The minimum absolute atomic E-state index is 0.910. The van der Waals surface area contributed by atoms with Crippen molar-refractivity contribution in [3.8, 4) is 9.75 Å². The largest absolute Gasteiger partial charge is 0.139 e. The second-order valence-electron chi connectivity index (χ2n) is 10.1. The minimum Gasteiger partial charge on any atom is -0.139 e. The fourth-order valence-corrected chi connectivity index (χ4v) is 8.81. The molecule has 0 atom stereocenters. The van der Waals surface area contributed by atoms with Crippen LogP contribution in [0.1, 0.15) is 116 Å². The number of halogens is 1. The molecule has 0 bridgehead atoms. The number of thiophene rings is 3. The molecule has 4 rings (SSSR count). The highest BCUT2D eigenvalue weighted by atomic mass is 35.5. The van der Waals surface area contributed by atoms with Gasteiger partial charge in [0.25, 0.3) is 0 Å². The van der Waals surface area contributed by atoms with Gasteiger partial charge in [-0.1, -0.05) is 76.3 Å². The molecule has 0 fully saturated rings. The fourth-order valence-electron chi connectivity index (χ4n) is 5.42. The van der Waals surface area contributed by atoms with Crippen molar-refractivity contribution in [3.63, 3.8) is 0 Å². The Morgan fingerprint density at radius 1 is 0.686 bits per heavy atom. The van der Waals surface area contributed by atoms with Gasteiger partial charge in [0.15, 0.2) is 0 Å². The van der Waals surface area contributed by atoms with Crippen LogP contribution < -0.4 is 0 Å². The van der Waals surface area contributed by atoms with E-state index in [0.29, 0.717) is 0 Å². The van der Waals surface area contributed by atoms with Gasteiger partial charge in [-0.3, -0.25) is 0 Å². The van der Waals surface area contributed by atoms with Crippen LogP contribution in [0.2, 0.25) is 4.34 Å². The zero-order valence-electron chi connectivity index (χ0n) is 21.8. The smallest absolute Gasteiger partial charge is 0.0937 e. The van der Waals surface area contributed by atoms with E-state index < -0.39 is 0 Å². The Kier molecular flexibility index (Phi) is 10.6. The van der Waals surface area contributed by atoms with Crippen LogP contribution in [0.3, 0.4) is 0 Å². The highest BCUT2D eigenvalue weighted by Gasteiger charge is 2.23. The molecule has 35 heavy (non-hydrogen) atoms. The predicted molar refractivity (Wildman–Crippen MR) is 163 cm³/mol. The highest BCUT2D eigenvalue weighted by molar-refractivity contribution is 7.22. The van der Waals surface area contributed by atoms with Gasteiger partial charge in [-0.2, -0.15) is 0 Å². The zero-order chi connectivity index (χ0) is 24.6. The lowest BCUT2D eigenvalue weighted by atomic mass is 9.98. The van der Waals surface area contributed by atoms with E-state index in [0.717, 1.165) is 4.34 Å². The molecule has 4 heteroatoms. The molecule has 0 N–H and O–H groups in total. The van der Waals surface area contributed by atoms with Gasteiger partial charge in [0, 0.05) is 24.4 Å². The van der Waals surface area contributed by atoms with Gasteiger partial charge in [0.05, 0.1) is 4.34 Å². The van der Waals surface area contributed by atoms with Crippen molar-refractivity contribution in [1.29, 1.82) is 0 Å². The molecular weight excluding hydrogens is 504 g/mol. The summed E-state index contributed by atoms with van der Waals surface area (Å²) in [5, 5.41) is 0. The Morgan fingerprint density at radius 3 is 1.91 bits per heavy atom. The average molecular weight is 545 g/mol. The summed E-state index contributed by atoms with van der Waals surface area (Å²) >= 11 is 12.0. The fraction of sp³-hybridized carbons (Fsp3) is 0.548. The SMILES string of the molecule is CCCCCCCCCCCCc1ccc(-c2cc(C3=C(c4cc(Cl)sc4C)CCC3)c(C)s2)s1. The average Bonchev–Trinajstić information content (AvgIpc) is 3.62. The summed E-state index contributed by atoms with van der Waals surface area (Å²) in [6, 6.07) is 9.39. The molecule has 0 spiro atoms. The van der Waals surface area contributed by atoms with Crippen LogP contribution >= 0.6 is 45.6 Å². The van der Waals surface area contributed by atoms with Crippen LogP contribution in [0.25, 0.3) is 20.9 Å². The van der Waals surface area contributed by atoms with Crippen LogP contribution in [-0.4, -0.2) is 0 Å². The molecule has 0 nitrogen and oxygen atoms in total. The number of hydrogen-bond acceptors (Lipinski definition) is 3. The van der Waals surface area contributed by atoms with Gasteiger partial charge in [0.1, 0.15) is 0 Å². The summed E-state index contributed by atoms with van der Waals surface area (Å²) in [6.07, 6.45) is 18.9. The van der Waals surface area contributed by atoms with Crippen LogP contribution in [0.15, 0.2) is 24.3 Å². The van der Waals surface area contributed by atoms with E-state index in [1.165, 1.54) is 126 Å². The molecule has 1 aliphatic carbocycles. The van der Waals surface area contributed by atoms with Crippen molar-refractivity contribution in [3.05, 3.63) is 54.4 Å². The maximum atomic E-state index is 6.34. The van der Waals surface area contributed by atoms with E-state index in [1.54, 1.807) is 21.8 Å². The molecular formula is C31H41ClS3. The normalized spacial score (nSPS) is 13.9. The monoisotopic (exact) mass is 544 g/mol. The first-order valence-corrected chi connectivity index (χ1v) is 16.6. The maximum Gasteiger partial charge on any atom is 0.0937 e. The summed E-state index contributed by atoms with van der Waals surface area (Å²) in [4.78, 5) is 7.25. The van der Waals surface area contributed by atoms with Crippen LogP contribution in [-0.2, 0) is 6.42 Å². The van der Waals surface area contributed by atoms with Crippen LogP contribution in [0, 0.1) is 13.8 Å². The van der Waals surface area contributed by atoms with Gasteiger partial charge in [-0.15, -0.1) is 34.0 Å². The Labute approximate surface area is 230 Å². The van der Waals surface area contributed by atoms with Gasteiger partial charge < -0.3 is 0 Å². The van der Waals surface area contributed by atoms with Crippen LogP contribution in [0.4, 0.5) is 0 Å². The van der Waals surface area contributed by atoms with E-state index >= 15 is 0 Å². The summed E-state index contributed by atoms with van der Waals surface area (Å²) in [5.41, 5.74) is 5.95. The maximum absolute atomic E-state index is 6.34. The molecule has 1 aliphatic rings. The number of allylic oxidation sites excluding steroid dienone is 2. The van der Waals surface area contributed by atoms with Crippen molar-refractivity contribution in [2.45, 2.75) is 111 Å². The summed E-state index contributed by atoms with van der Waals surface area (Å²) in [6.45, 7) is 6.81. The van der Waals surface area contributed by atoms with E-state index in [1.807, 2.05) is 22.7 Å². The molecule has 0 aromatic carbocycles. The van der Waals surface area contributed by atoms with E-state index in [9.17, 15) is 0 Å². The first-order chi connectivity index (χ1) is 17.1. The second kappa shape index (κ2) is 13.6. The van der Waals surface area contributed by atoms with Crippen molar-refractivity contribution in [2.24, 2.45) is 0 Å². The molecule has 0 saturated carbocycles. The molecule has 0 radical (unpaired) electrons. The topological polar surface area (TPSA) is 0 Å². The Balaban J connectivity index is 1.31. The summed E-state index contributed by atoms with van der Waals surface area (Å²) in [7, 11) is 0. The lowest BCUT2D eigenvalue weighted by Crippen LogP contribution is -1.86. The lowest BCUT2D eigenvalue weighted by molar-refractivity contribution is 0.557. The standard InChI is InChI=1S/C31H41ClS3/c1-4-5-6-7-8-9-10-11-12-13-15-24-18-19-29(35-24)30-20-27(22(2)33-30)25-16-14-17-26(25)28-21-31(32)34-23(28)3/h18-21H,4-17H2,1-3H3. The number of unbranched alkanes of at least 4 members (excludes halogenated alkanes) is 9. The van der Waals surface area contributed by atoms with Gasteiger partial charge in [0.2, 0.25) is 0 Å². The Bertz CT molecular complexity index is 1110. The van der Waals surface area contributed by atoms with E-state index in [-0.39, 0.29) is 0 Å². The number of rotatable bonds is 14. The lowest BCUT2D eigenvalue weighted by Gasteiger charge is -2.07. The molecule has 0 amide bonds. The van der Waals surface area contributed by atoms with Crippen molar-refractivity contribution in [1.82, 2.24) is 0 Å². The first-order valence-electron chi connectivity index (χ1n) is 13.7. The van der Waals surface area contributed by atoms with E-state index in [2.05, 4.69) is 45.0 Å². The Hall–Kier alpha value is -0.870. The summed E-state index contributed by atoms with van der Waals surface area (Å²) < 4.78 is 0.910. The first kappa shape index (κ1) is 27.2. The molecule has 3 aromatic heterocycles. The van der Waals surface area contributed by atoms with E-state index in [4.69, 9.17) is 11.6 Å². The summed E-state index contributed by atoms with van der Waals surface area (Å²) in [5.74, 6) is 0. The third-order valence-corrected chi connectivity index (χ3v) is 10.9. The van der Waals surface area contributed by atoms with Crippen LogP contribution in [0.5, 0.6) is 0 Å². The molecule has 3 heterocycles. The third-order valence-electron chi connectivity index (χ3n) is 7.35. The molecule has 0 unspecified atom stereocenters. The third kappa shape index (κ3) is 7.34. The zero-order valence-corrected chi connectivity index (χ0v) is 25.0. The quantitative estimate of drug-likeness (QED) is 0.177. The van der Waals surface area contributed by atoms with Gasteiger partial charge in [-0.25, -0.2) is 0 Å². The number of aryl methyl sites for hydroxylation is 3. The van der Waals surface area contributed by atoms with Crippen molar-refractivity contribution >= 4 is 56.8 Å². The highest BCUT2D eigenvalue weighted by Crippen LogP contribution is 2.47.